The minimum atomic E-state index is -0.0683. The van der Waals surface area contributed by atoms with Crippen LogP contribution in [0.25, 0.3) is 0 Å². The number of methoxy groups -OCH3 is 1. The van der Waals surface area contributed by atoms with E-state index < -0.39 is 0 Å². The highest BCUT2D eigenvalue weighted by Gasteiger charge is 2.43. The van der Waals surface area contributed by atoms with Crippen molar-refractivity contribution in [2.24, 2.45) is 5.41 Å². The minimum Gasteiger partial charge on any atom is -0.481 e. The SMILES string of the molecule is CCOC[C@]1(CCc2nccc(OC)n2)CCN(C(C)(C)c2ccc(C)nc2)C1.Cl. The molecule has 1 aliphatic rings. The van der Waals surface area contributed by atoms with E-state index in [9.17, 15) is 0 Å². The smallest absolute Gasteiger partial charge is 0.216 e. The molecule has 0 spiro atoms. The van der Waals surface area contributed by atoms with Crippen molar-refractivity contribution in [2.75, 3.05) is 33.4 Å². The molecule has 0 saturated carbocycles. The van der Waals surface area contributed by atoms with E-state index >= 15 is 0 Å². The first kappa shape index (κ1) is 24.5. The first-order valence-electron chi connectivity index (χ1n) is 10.5. The third kappa shape index (κ3) is 5.68. The highest BCUT2D eigenvalue weighted by molar-refractivity contribution is 5.85. The molecule has 0 bridgehead atoms. The molecule has 0 radical (unpaired) electrons. The summed E-state index contributed by atoms with van der Waals surface area (Å²) < 4.78 is 11.2. The van der Waals surface area contributed by atoms with Crippen molar-refractivity contribution >= 4 is 12.4 Å². The van der Waals surface area contributed by atoms with Gasteiger partial charge in [0.2, 0.25) is 5.88 Å². The van der Waals surface area contributed by atoms with Gasteiger partial charge < -0.3 is 9.47 Å². The van der Waals surface area contributed by atoms with Crippen molar-refractivity contribution in [3.05, 3.63) is 47.7 Å². The van der Waals surface area contributed by atoms with Gasteiger partial charge in [-0.3, -0.25) is 9.88 Å². The highest BCUT2D eigenvalue weighted by Crippen LogP contribution is 2.41. The molecule has 3 heterocycles. The summed E-state index contributed by atoms with van der Waals surface area (Å²) in [7, 11) is 1.64. The molecule has 0 aromatic carbocycles. The number of aryl methyl sites for hydroxylation is 2. The van der Waals surface area contributed by atoms with Crippen LogP contribution in [-0.4, -0.2) is 53.3 Å². The molecule has 0 N–H and O–H groups in total. The zero-order valence-electron chi connectivity index (χ0n) is 18.9. The molecule has 1 aliphatic heterocycles. The van der Waals surface area contributed by atoms with Crippen LogP contribution >= 0.6 is 12.4 Å². The lowest BCUT2D eigenvalue weighted by atomic mass is 9.82. The molecule has 7 heteroatoms. The first-order valence-corrected chi connectivity index (χ1v) is 10.5. The van der Waals surface area contributed by atoms with Crippen molar-refractivity contribution in [1.29, 1.82) is 0 Å². The Morgan fingerprint density at radius 1 is 1.20 bits per heavy atom. The second-order valence-electron chi connectivity index (χ2n) is 8.57. The van der Waals surface area contributed by atoms with E-state index in [0.29, 0.717) is 5.88 Å². The van der Waals surface area contributed by atoms with Gasteiger partial charge in [-0.15, -0.1) is 12.4 Å². The van der Waals surface area contributed by atoms with Crippen LogP contribution in [0.1, 0.15) is 50.7 Å². The van der Waals surface area contributed by atoms with Crippen molar-refractivity contribution in [3.8, 4) is 5.88 Å². The lowest BCUT2D eigenvalue weighted by Gasteiger charge is -2.38. The maximum absolute atomic E-state index is 5.93. The number of halogens is 1. The average molecular weight is 435 g/mol. The van der Waals surface area contributed by atoms with Gasteiger partial charge in [-0.25, -0.2) is 4.98 Å². The lowest BCUT2D eigenvalue weighted by molar-refractivity contribution is 0.0382. The van der Waals surface area contributed by atoms with Crippen LogP contribution in [0, 0.1) is 12.3 Å². The number of nitrogens with zero attached hydrogens (tertiary/aromatic N) is 4. The number of pyridine rings is 1. The summed E-state index contributed by atoms with van der Waals surface area (Å²) in [6.45, 7) is 12.2. The van der Waals surface area contributed by atoms with Crippen LogP contribution in [0.15, 0.2) is 30.6 Å². The highest BCUT2D eigenvalue weighted by atomic mass is 35.5. The minimum absolute atomic E-state index is 0. The van der Waals surface area contributed by atoms with Gasteiger partial charge in [0.05, 0.1) is 13.7 Å². The van der Waals surface area contributed by atoms with E-state index in [1.165, 1.54) is 5.56 Å². The number of ether oxygens (including phenoxy) is 2. The van der Waals surface area contributed by atoms with E-state index in [2.05, 4.69) is 52.8 Å². The molecule has 3 rings (SSSR count). The number of likely N-dealkylation sites (tertiary alicyclic amines) is 1. The van der Waals surface area contributed by atoms with Gasteiger partial charge in [0, 0.05) is 54.7 Å². The van der Waals surface area contributed by atoms with Crippen molar-refractivity contribution in [3.63, 3.8) is 0 Å². The summed E-state index contributed by atoms with van der Waals surface area (Å²) in [5, 5.41) is 0. The largest absolute Gasteiger partial charge is 0.481 e. The van der Waals surface area contributed by atoms with E-state index in [-0.39, 0.29) is 23.4 Å². The number of hydrogen-bond donors (Lipinski definition) is 0. The van der Waals surface area contributed by atoms with Gasteiger partial charge in [-0.05, 0) is 58.7 Å². The molecular formula is C23H35ClN4O2. The second-order valence-corrected chi connectivity index (χ2v) is 8.57. The van der Waals surface area contributed by atoms with Crippen LogP contribution in [0.2, 0.25) is 0 Å². The average Bonchev–Trinajstić information content (AvgIpc) is 3.17. The summed E-state index contributed by atoms with van der Waals surface area (Å²) in [6, 6.07) is 6.09. The molecule has 0 amide bonds. The molecule has 0 unspecified atom stereocenters. The summed E-state index contributed by atoms with van der Waals surface area (Å²) in [5.41, 5.74) is 2.35. The van der Waals surface area contributed by atoms with Gasteiger partial charge in [-0.2, -0.15) is 4.98 Å². The maximum atomic E-state index is 5.93. The van der Waals surface area contributed by atoms with Gasteiger partial charge in [0.15, 0.2) is 0 Å². The van der Waals surface area contributed by atoms with Crippen molar-refractivity contribution in [1.82, 2.24) is 19.9 Å². The molecule has 30 heavy (non-hydrogen) atoms. The fourth-order valence-corrected chi connectivity index (χ4v) is 4.13. The Labute approximate surface area is 186 Å². The van der Waals surface area contributed by atoms with Gasteiger partial charge >= 0.3 is 0 Å². The molecule has 1 fully saturated rings. The molecule has 2 aromatic heterocycles. The predicted octanol–water partition coefficient (Wildman–Crippen LogP) is 4.21. The van der Waals surface area contributed by atoms with E-state index in [0.717, 1.165) is 57.1 Å². The summed E-state index contributed by atoms with van der Waals surface area (Å²) in [5.74, 6) is 1.45. The Hall–Kier alpha value is -1.76. The van der Waals surface area contributed by atoms with E-state index in [1.807, 2.05) is 13.1 Å². The van der Waals surface area contributed by atoms with Gasteiger partial charge in [0.1, 0.15) is 5.82 Å². The summed E-state index contributed by atoms with van der Waals surface area (Å²) in [6.07, 6.45) is 6.72. The number of aromatic nitrogens is 3. The number of rotatable bonds is 9. The molecule has 0 aliphatic carbocycles. The summed E-state index contributed by atoms with van der Waals surface area (Å²) in [4.78, 5) is 16.0. The summed E-state index contributed by atoms with van der Waals surface area (Å²) >= 11 is 0. The molecule has 2 aromatic rings. The van der Waals surface area contributed by atoms with Crippen LogP contribution in [0.3, 0.4) is 0 Å². The van der Waals surface area contributed by atoms with Crippen LogP contribution in [0.4, 0.5) is 0 Å². The number of hydrogen-bond acceptors (Lipinski definition) is 6. The Bertz CT molecular complexity index is 800. The van der Waals surface area contributed by atoms with Crippen LogP contribution < -0.4 is 4.74 Å². The van der Waals surface area contributed by atoms with Crippen molar-refractivity contribution < 1.29 is 9.47 Å². The molecular weight excluding hydrogens is 400 g/mol. The molecule has 1 atom stereocenters. The topological polar surface area (TPSA) is 60.4 Å². The maximum Gasteiger partial charge on any atom is 0.216 e. The second kappa shape index (κ2) is 10.5. The normalized spacial score (nSPS) is 19.5. The van der Waals surface area contributed by atoms with Crippen molar-refractivity contribution in [2.45, 2.75) is 52.5 Å². The Kier molecular flexibility index (Phi) is 8.59. The third-order valence-corrected chi connectivity index (χ3v) is 6.23. The van der Waals surface area contributed by atoms with E-state index in [1.54, 1.807) is 19.4 Å². The first-order chi connectivity index (χ1) is 13.9. The van der Waals surface area contributed by atoms with Gasteiger partial charge in [-0.1, -0.05) is 6.07 Å². The fraction of sp³-hybridized carbons (Fsp3) is 0.609. The quantitative estimate of drug-likeness (QED) is 0.589. The van der Waals surface area contributed by atoms with Crippen LogP contribution in [-0.2, 0) is 16.7 Å². The lowest BCUT2D eigenvalue weighted by Crippen LogP contribution is -2.42. The van der Waals surface area contributed by atoms with Gasteiger partial charge in [0.25, 0.3) is 0 Å². The Morgan fingerprint density at radius 2 is 2.00 bits per heavy atom. The third-order valence-electron chi connectivity index (χ3n) is 6.23. The Balaban J connectivity index is 0.00000320. The Morgan fingerprint density at radius 3 is 2.67 bits per heavy atom. The molecule has 6 nitrogen and oxygen atoms in total. The molecule has 166 valence electrons. The predicted molar refractivity (Wildman–Crippen MR) is 121 cm³/mol. The van der Waals surface area contributed by atoms with E-state index in [4.69, 9.17) is 9.47 Å². The fourth-order valence-electron chi connectivity index (χ4n) is 4.13. The standard InChI is InChI=1S/C23H34N4O2.ClH/c1-6-29-17-23(11-9-20-24-13-10-21(26-20)28-5)12-14-27(16-23)22(3,4)19-8-7-18(2)25-15-19;/h7-8,10,13,15H,6,9,11-12,14,16-17H2,1-5H3;1H/t23-;/m1./s1. The van der Waals surface area contributed by atoms with Crippen LogP contribution in [0.5, 0.6) is 5.88 Å². The molecule has 1 saturated heterocycles. The monoisotopic (exact) mass is 434 g/mol. The zero-order chi connectivity index (χ0) is 20.9. The zero-order valence-corrected chi connectivity index (χ0v) is 19.7.